The van der Waals surface area contributed by atoms with Gasteiger partial charge in [-0.05, 0) is 29.8 Å². The highest BCUT2D eigenvalue weighted by Crippen LogP contribution is 2.36. The van der Waals surface area contributed by atoms with Crippen molar-refractivity contribution in [3.8, 4) is 11.3 Å². The van der Waals surface area contributed by atoms with Gasteiger partial charge in [-0.2, -0.15) is 13.2 Å². The summed E-state index contributed by atoms with van der Waals surface area (Å²) in [5.74, 6) is -9.55. The summed E-state index contributed by atoms with van der Waals surface area (Å²) in [5.41, 5.74) is 1.91. The van der Waals surface area contributed by atoms with E-state index in [2.05, 4.69) is 9.97 Å². The van der Waals surface area contributed by atoms with Gasteiger partial charge in [0.25, 0.3) is 5.91 Å². The van der Waals surface area contributed by atoms with Crippen LogP contribution >= 0.6 is 11.6 Å². The van der Waals surface area contributed by atoms with Crippen LogP contribution in [0.25, 0.3) is 16.8 Å². The maximum absolute atomic E-state index is 15.1. The number of nitrogens with one attached hydrogen (secondary N) is 1. The summed E-state index contributed by atoms with van der Waals surface area (Å²) in [6.45, 7) is 0. The third kappa shape index (κ3) is 4.84. The fourth-order valence-electron chi connectivity index (χ4n) is 3.59. The van der Waals surface area contributed by atoms with Gasteiger partial charge in [0.05, 0.1) is 17.4 Å². The first-order valence-electron chi connectivity index (χ1n) is 10.3. The number of hydrogen-bond donors (Lipinski definition) is 6. The van der Waals surface area contributed by atoms with Gasteiger partial charge in [-0.25, -0.2) is 18.7 Å². The fourth-order valence-corrected chi connectivity index (χ4v) is 3.80. The van der Waals surface area contributed by atoms with Crippen molar-refractivity contribution in [3.05, 3.63) is 76.3 Å². The van der Waals surface area contributed by atoms with Crippen LogP contribution in [-0.2, 0) is 16.9 Å². The van der Waals surface area contributed by atoms with Gasteiger partial charge in [0.1, 0.15) is 22.2 Å². The Bertz CT molecular complexity index is 1570. The number of aromatic nitrogens is 3. The summed E-state index contributed by atoms with van der Waals surface area (Å²) in [4.78, 5) is 19.9. The first-order valence-corrected chi connectivity index (χ1v) is 10.6. The van der Waals surface area contributed by atoms with Crippen LogP contribution < -0.4 is 11.1 Å². The third-order valence-electron chi connectivity index (χ3n) is 5.32. The number of benzene rings is 2. The minimum atomic E-state index is -4.75. The standard InChI is InChI=1S/C22H15ClF5N5O5/c23-12-7-30-18(29)16-15(32-20(33(12)16)22(36,37)38)10-4-5-11(14(25)13(10)24)31-19(35)17(34)8-2-1-3-9(6-8)21(26,27)28/h1-7,17,34,36-38H,(H2,29,30)(H,31,35). The number of aliphatic hydroxyl groups is 4. The summed E-state index contributed by atoms with van der Waals surface area (Å²) in [6.07, 6.45) is -5.95. The molecular weight excluding hydrogens is 545 g/mol. The molecule has 1 atom stereocenters. The van der Waals surface area contributed by atoms with E-state index in [0.717, 1.165) is 40.9 Å². The second kappa shape index (κ2) is 9.45. The second-order valence-electron chi connectivity index (χ2n) is 7.87. The van der Waals surface area contributed by atoms with Gasteiger partial charge in [0, 0.05) is 5.56 Å². The first-order chi connectivity index (χ1) is 17.6. The molecule has 0 aliphatic carbocycles. The van der Waals surface area contributed by atoms with Gasteiger partial charge in [-0.15, -0.1) is 0 Å². The van der Waals surface area contributed by atoms with Gasteiger partial charge in [0.2, 0.25) is 5.82 Å². The zero-order valence-electron chi connectivity index (χ0n) is 18.5. The Morgan fingerprint density at radius 3 is 2.42 bits per heavy atom. The van der Waals surface area contributed by atoms with Crippen LogP contribution in [0.2, 0.25) is 5.15 Å². The first kappa shape index (κ1) is 27.2. The quantitative estimate of drug-likeness (QED) is 0.160. The van der Waals surface area contributed by atoms with Crippen molar-refractivity contribution >= 4 is 34.5 Å². The number of fused-ring (bicyclic) bond motifs is 1. The van der Waals surface area contributed by atoms with E-state index >= 15 is 4.39 Å². The molecule has 200 valence electrons. The van der Waals surface area contributed by atoms with Crippen molar-refractivity contribution in [2.45, 2.75) is 18.3 Å². The molecule has 0 saturated carbocycles. The molecule has 2 aromatic carbocycles. The number of carbonyl (C=O) groups excluding carboxylic acids is 1. The lowest BCUT2D eigenvalue weighted by atomic mass is 10.0. The van der Waals surface area contributed by atoms with E-state index in [0.29, 0.717) is 6.07 Å². The van der Waals surface area contributed by atoms with Crippen LogP contribution in [0.4, 0.5) is 33.5 Å². The zero-order valence-corrected chi connectivity index (χ0v) is 19.3. The molecule has 0 aliphatic rings. The van der Waals surface area contributed by atoms with Gasteiger partial charge in [-0.3, -0.25) is 9.20 Å². The van der Waals surface area contributed by atoms with Gasteiger partial charge < -0.3 is 31.5 Å². The zero-order chi connectivity index (χ0) is 28.2. The molecule has 7 N–H and O–H groups in total. The largest absolute Gasteiger partial charge is 0.416 e. The van der Waals surface area contributed by atoms with Crippen LogP contribution in [0.3, 0.4) is 0 Å². The Kier molecular flexibility index (Phi) is 6.75. The minimum absolute atomic E-state index is 0.330. The fraction of sp³-hybridized carbons (Fsp3) is 0.136. The lowest BCUT2D eigenvalue weighted by Crippen LogP contribution is -2.27. The topological polar surface area (TPSA) is 166 Å². The molecule has 10 nitrogen and oxygen atoms in total. The van der Waals surface area contributed by atoms with Crippen molar-refractivity contribution in [1.82, 2.24) is 14.4 Å². The Hall–Kier alpha value is -3.89. The summed E-state index contributed by atoms with van der Waals surface area (Å²) >= 11 is 5.98. The average molecular weight is 560 g/mol. The smallest absolute Gasteiger partial charge is 0.382 e. The number of nitrogen functional groups attached to an aromatic ring is 1. The number of aliphatic hydroxyl groups excluding tert-OH is 1. The molecule has 2 heterocycles. The summed E-state index contributed by atoms with van der Waals surface area (Å²) in [5, 5.41) is 40.7. The number of hydrogen-bond acceptors (Lipinski definition) is 8. The van der Waals surface area contributed by atoms with Crippen molar-refractivity contribution in [2.24, 2.45) is 0 Å². The molecule has 2 aromatic heterocycles. The molecule has 16 heteroatoms. The molecule has 4 rings (SSSR count). The van der Waals surface area contributed by atoms with Gasteiger partial charge in [-0.1, -0.05) is 23.7 Å². The number of halogens is 6. The van der Waals surface area contributed by atoms with E-state index in [1.54, 1.807) is 0 Å². The maximum atomic E-state index is 15.1. The van der Waals surface area contributed by atoms with Crippen LogP contribution in [0, 0.1) is 11.6 Å². The summed E-state index contributed by atoms with van der Waals surface area (Å²) < 4.78 is 69.6. The monoisotopic (exact) mass is 559 g/mol. The van der Waals surface area contributed by atoms with E-state index in [1.807, 2.05) is 5.32 Å². The third-order valence-corrected chi connectivity index (χ3v) is 5.58. The number of rotatable bonds is 5. The van der Waals surface area contributed by atoms with Crippen molar-refractivity contribution < 1.29 is 47.2 Å². The molecule has 1 amide bonds. The predicted octanol–water partition coefficient (Wildman–Crippen LogP) is 2.69. The molecule has 0 saturated heterocycles. The van der Waals surface area contributed by atoms with Crippen LogP contribution in [0.1, 0.15) is 23.1 Å². The van der Waals surface area contributed by atoms with Crippen molar-refractivity contribution in [1.29, 1.82) is 0 Å². The number of nitrogens with two attached hydrogens (primary N) is 1. The number of anilines is 2. The number of amides is 1. The average Bonchev–Trinajstić information content (AvgIpc) is 3.26. The highest BCUT2D eigenvalue weighted by atomic mass is 35.5. The van der Waals surface area contributed by atoms with Crippen LogP contribution in [0.15, 0.2) is 42.6 Å². The highest BCUT2D eigenvalue weighted by molar-refractivity contribution is 6.30. The number of carbonyl (C=O) groups is 1. The van der Waals surface area contributed by atoms with E-state index in [-0.39, 0.29) is 16.5 Å². The molecular formula is C22H15ClF5N5O5. The summed E-state index contributed by atoms with van der Waals surface area (Å²) in [6, 6.07) is 4.97. The Morgan fingerprint density at radius 1 is 1.11 bits per heavy atom. The van der Waals surface area contributed by atoms with E-state index in [1.165, 1.54) is 0 Å². The van der Waals surface area contributed by atoms with Crippen LogP contribution in [0.5, 0.6) is 0 Å². The summed E-state index contributed by atoms with van der Waals surface area (Å²) in [7, 11) is 0. The Labute approximate surface area is 213 Å². The molecule has 0 radical (unpaired) electrons. The minimum Gasteiger partial charge on any atom is -0.382 e. The molecule has 0 aliphatic heterocycles. The lowest BCUT2D eigenvalue weighted by Gasteiger charge is -2.15. The molecule has 0 spiro atoms. The predicted molar refractivity (Wildman–Crippen MR) is 121 cm³/mol. The molecule has 4 aromatic rings. The number of alkyl halides is 3. The van der Waals surface area contributed by atoms with Crippen LogP contribution in [-0.4, -0.2) is 40.7 Å². The van der Waals surface area contributed by atoms with Crippen molar-refractivity contribution in [2.75, 3.05) is 11.1 Å². The second-order valence-corrected chi connectivity index (χ2v) is 8.26. The Balaban J connectivity index is 1.72. The van der Waals surface area contributed by atoms with E-state index in [4.69, 9.17) is 17.3 Å². The number of imidazole rings is 1. The molecule has 38 heavy (non-hydrogen) atoms. The molecule has 0 fully saturated rings. The van der Waals surface area contributed by atoms with Gasteiger partial charge in [0.15, 0.2) is 17.7 Å². The molecule has 1 unspecified atom stereocenters. The van der Waals surface area contributed by atoms with E-state index in [9.17, 15) is 42.8 Å². The normalized spacial score (nSPS) is 13.1. The highest BCUT2D eigenvalue weighted by Gasteiger charge is 2.34. The van der Waals surface area contributed by atoms with Gasteiger partial charge >= 0.3 is 12.1 Å². The Morgan fingerprint density at radius 2 is 1.79 bits per heavy atom. The van der Waals surface area contributed by atoms with Crippen molar-refractivity contribution in [3.63, 3.8) is 0 Å². The maximum Gasteiger partial charge on any atom is 0.416 e. The molecule has 0 bridgehead atoms. The lowest BCUT2D eigenvalue weighted by molar-refractivity contribution is -0.329. The van der Waals surface area contributed by atoms with E-state index < -0.39 is 69.7 Å². The number of nitrogens with zero attached hydrogens (tertiary/aromatic N) is 3. The SMILES string of the molecule is Nc1ncc(Cl)n2c(C(O)(O)O)nc(-c3ccc(NC(=O)C(O)c4cccc(C(F)(F)F)c4)c(F)c3F)c12.